The van der Waals surface area contributed by atoms with Crippen molar-refractivity contribution in [3.63, 3.8) is 0 Å². The zero-order valence-electron chi connectivity index (χ0n) is 15.4. The van der Waals surface area contributed by atoms with Crippen LogP contribution in [0.4, 0.5) is 8.78 Å². The Hall–Kier alpha value is -3.40. The van der Waals surface area contributed by atoms with E-state index in [0.717, 1.165) is 0 Å². The number of primary amides is 1. The van der Waals surface area contributed by atoms with E-state index in [1.54, 1.807) is 12.1 Å². The molecule has 4 rings (SSSR count). The number of nitrogens with zero attached hydrogens (tertiary/aromatic N) is 3. The van der Waals surface area contributed by atoms with Crippen LogP contribution in [0.3, 0.4) is 0 Å². The van der Waals surface area contributed by atoms with Crippen LogP contribution in [0.15, 0.2) is 36.5 Å². The Morgan fingerprint density at radius 3 is 2.83 bits per heavy atom. The average molecular weight is 401 g/mol. The first-order valence-electron chi connectivity index (χ1n) is 8.77. The van der Waals surface area contributed by atoms with E-state index in [9.17, 15) is 18.4 Å². The minimum atomic E-state index is -3.03. The van der Waals surface area contributed by atoms with Gasteiger partial charge in [0.2, 0.25) is 0 Å². The van der Waals surface area contributed by atoms with Gasteiger partial charge in [0, 0.05) is 25.3 Å². The molecule has 1 unspecified atom stereocenters. The molecule has 10 heteroatoms. The molecule has 0 saturated heterocycles. The summed E-state index contributed by atoms with van der Waals surface area (Å²) in [4.78, 5) is 28.8. The van der Waals surface area contributed by atoms with E-state index >= 15 is 0 Å². The highest BCUT2D eigenvalue weighted by atomic mass is 19.3. The third-order valence-electron chi connectivity index (χ3n) is 4.85. The Bertz CT molecular complexity index is 1130. The monoisotopic (exact) mass is 401 g/mol. The van der Waals surface area contributed by atoms with Crippen LogP contribution < -0.4 is 11.1 Å². The molecule has 1 aliphatic carbocycles. The number of methoxy groups -OCH3 is 1. The molecule has 1 aliphatic rings. The number of ether oxygens (including phenoxy) is 1. The average Bonchev–Trinajstić information content (AvgIpc) is 3.17. The van der Waals surface area contributed by atoms with Gasteiger partial charge < -0.3 is 15.8 Å². The molecule has 1 aromatic carbocycles. The predicted molar refractivity (Wildman–Crippen MR) is 97.4 cm³/mol. The summed E-state index contributed by atoms with van der Waals surface area (Å²) in [5.74, 6) is -4.42. The van der Waals surface area contributed by atoms with Crippen molar-refractivity contribution in [1.82, 2.24) is 19.9 Å². The fraction of sp³-hybridized carbons (Fsp3) is 0.263. The van der Waals surface area contributed by atoms with Crippen LogP contribution in [-0.2, 0) is 17.3 Å². The first kappa shape index (κ1) is 18.9. The molecule has 0 spiro atoms. The van der Waals surface area contributed by atoms with Crippen molar-refractivity contribution in [2.24, 2.45) is 5.73 Å². The van der Waals surface area contributed by atoms with Crippen molar-refractivity contribution in [3.8, 4) is 0 Å². The van der Waals surface area contributed by atoms with Crippen molar-refractivity contribution in [2.45, 2.75) is 25.0 Å². The molecule has 0 fully saturated rings. The molecule has 0 bridgehead atoms. The van der Waals surface area contributed by atoms with E-state index in [1.807, 2.05) is 0 Å². The van der Waals surface area contributed by atoms with Crippen LogP contribution in [0.25, 0.3) is 5.65 Å². The fourth-order valence-electron chi connectivity index (χ4n) is 3.62. The van der Waals surface area contributed by atoms with E-state index in [0.29, 0.717) is 5.56 Å². The summed E-state index contributed by atoms with van der Waals surface area (Å²) < 4.78 is 34.8. The maximum atomic E-state index is 14.3. The summed E-state index contributed by atoms with van der Waals surface area (Å²) >= 11 is 0. The predicted octanol–water partition coefficient (Wildman–Crippen LogP) is 1.94. The highest BCUT2D eigenvalue weighted by molar-refractivity contribution is 6.01. The molecule has 0 saturated carbocycles. The second-order valence-electron chi connectivity index (χ2n) is 6.71. The van der Waals surface area contributed by atoms with Gasteiger partial charge in [-0.25, -0.2) is 18.3 Å². The normalized spacial score (nSPS) is 17.3. The number of fused-ring (bicyclic) bond motifs is 2. The number of hydrogen-bond acceptors (Lipinski definition) is 5. The Labute approximate surface area is 163 Å². The first-order valence-corrected chi connectivity index (χ1v) is 8.77. The number of carbonyl (C=O) groups excluding carboxylic acids is 2. The topological polar surface area (TPSA) is 112 Å². The molecule has 3 N–H and O–H groups in total. The molecule has 2 aromatic heterocycles. The maximum absolute atomic E-state index is 14.3. The van der Waals surface area contributed by atoms with Gasteiger partial charge in [-0.1, -0.05) is 24.3 Å². The summed E-state index contributed by atoms with van der Waals surface area (Å²) in [6.07, 6.45) is 0.791. The van der Waals surface area contributed by atoms with Crippen LogP contribution in [0.1, 0.15) is 50.1 Å². The van der Waals surface area contributed by atoms with Gasteiger partial charge in [0.05, 0.1) is 12.6 Å². The summed E-state index contributed by atoms with van der Waals surface area (Å²) in [5.41, 5.74) is 6.10. The maximum Gasteiger partial charge on any atom is 0.275 e. The van der Waals surface area contributed by atoms with Gasteiger partial charge in [0.15, 0.2) is 5.65 Å². The smallest absolute Gasteiger partial charge is 0.275 e. The Kier molecular flexibility index (Phi) is 4.50. The molecule has 2 amide bonds. The highest BCUT2D eigenvalue weighted by Crippen LogP contribution is 2.47. The lowest BCUT2D eigenvalue weighted by molar-refractivity contribution is -0.00846. The molecule has 29 heavy (non-hydrogen) atoms. The van der Waals surface area contributed by atoms with Gasteiger partial charge in [-0.15, -0.1) is 0 Å². The van der Waals surface area contributed by atoms with Crippen LogP contribution in [0.5, 0.6) is 0 Å². The van der Waals surface area contributed by atoms with Gasteiger partial charge >= 0.3 is 0 Å². The highest BCUT2D eigenvalue weighted by Gasteiger charge is 2.45. The lowest BCUT2D eigenvalue weighted by Crippen LogP contribution is -2.29. The van der Waals surface area contributed by atoms with Crippen LogP contribution in [-0.4, -0.2) is 33.5 Å². The van der Waals surface area contributed by atoms with Crippen LogP contribution in [0, 0.1) is 0 Å². The second kappa shape index (κ2) is 6.89. The molecular weight excluding hydrogens is 384 g/mol. The third-order valence-corrected chi connectivity index (χ3v) is 4.85. The number of carbonyl (C=O) groups is 2. The van der Waals surface area contributed by atoms with Gasteiger partial charge in [0.1, 0.15) is 17.0 Å². The number of halogens is 2. The van der Waals surface area contributed by atoms with E-state index in [1.165, 1.54) is 36.0 Å². The SMILES string of the molecule is COCc1nn2c(C(=O)NC3CC(F)(F)c4ccccc43)ccnc2c1C(N)=O. The number of nitrogens with one attached hydrogen (secondary N) is 1. The van der Waals surface area contributed by atoms with Gasteiger partial charge in [-0.05, 0) is 11.6 Å². The Morgan fingerprint density at radius 2 is 2.10 bits per heavy atom. The molecule has 1 atom stereocenters. The first-order chi connectivity index (χ1) is 13.8. The number of aromatic nitrogens is 3. The molecule has 8 nitrogen and oxygen atoms in total. The van der Waals surface area contributed by atoms with Crippen molar-refractivity contribution in [3.05, 3.63) is 64.6 Å². The zero-order chi connectivity index (χ0) is 20.8. The number of nitrogens with two attached hydrogens (primary N) is 1. The summed E-state index contributed by atoms with van der Waals surface area (Å²) in [6.45, 7) is -0.00901. The van der Waals surface area contributed by atoms with Crippen LogP contribution in [0.2, 0.25) is 0 Å². The van der Waals surface area contributed by atoms with Crippen molar-refractivity contribution < 1.29 is 23.1 Å². The number of benzene rings is 1. The molecule has 150 valence electrons. The molecule has 0 aliphatic heterocycles. The van der Waals surface area contributed by atoms with Crippen molar-refractivity contribution >= 4 is 17.5 Å². The summed E-state index contributed by atoms with van der Waals surface area (Å²) in [7, 11) is 1.42. The van der Waals surface area contributed by atoms with Gasteiger partial charge in [-0.3, -0.25) is 9.59 Å². The summed E-state index contributed by atoms with van der Waals surface area (Å²) in [5, 5.41) is 6.85. The fourth-order valence-corrected chi connectivity index (χ4v) is 3.62. The minimum Gasteiger partial charge on any atom is -0.378 e. The number of hydrogen-bond donors (Lipinski definition) is 2. The standard InChI is InChI=1S/C19H17F2N5O3/c1-29-9-13-15(16(22)27)17-23-7-6-14(26(17)25-13)18(28)24-12-8-19(20,21)11-5-3-2-4-10(11)12/h2-7,12H,8-9H2,1H3,(H2,22,27)(H,24,28). The van der Waals surface area contributed by atoms with Crippen molar-refractivity contribution in [2.75, 3.05) is 7.11 Å². The lowest BCUT2D eigenvalue weighted by atomic mass is 10.1. The Balaban J connectivity index is 1.72. The van der Waals surface area contributed by atoms with Gasteiger partial charge in [-0.2, -0.15) is 5.10 Å². The van der Waals surface area contributed by atoms with E-state index < -0.39 is 30.2 Å². The van der Waals surface area contributed by atoms with Crippen molar-refractivity contribution in [1.29, 1.82) is 0 Å². The number of rotatable bonds is 5. The lowest BCUT2D eigenvalue weighted by Gasteiger charge is -2.14. The minimum absolute atomic E-state index is 0.00901. The zero-order valence-corrected chi connectivity index (χ0v) is 15.4. The molecular formula is C19H17F2N5O3. The van der Waals surface area contributed by atoms with E-state index in [4.69, 9.17) is 10.5 Å². The largest absolute Gasteiger partial charge is 0.378 e. The molecule has 0 radical (unpaired) electrons. The van der Waals surface area contributed by atoms with Crippen LogP contribution >= 0.6 is 0 Å². The number of amides is 2. The third kappa shape index (κ3) is 3.11. The quantitative estimate of drug-likeness (QED) is 0.679. The van der Waals surface area contributed by atoms with E-state index in [2.05, 4.69) is 15.4 Å². The Morgan fingerprint density at radius 1 is 1.34 bits per heavy atom. The van der Waals surface area contributed by atoms with E-state index in [-0.39, 0.29) is 34.8 Å². The van der Waals surface area contributed by atoms with Gasteiger partial charge in [0.25, 0.3) is 17.7 Å². The molecule has 2 heterocycles. The number of alkyl halides is 2. The summed E-state index contributed by atoms with van der Waals surface area (Å²) in [6, 6.07) is 6.63. The second-order valence-corrected chi connectivity index (χ2v) is 6.71. The molecule has 3 aromatic rings.